The van der Waals surface area contributed by atoms with Gasteiger partial charge in [-0.05, 0) is 12.0 Å². The molecule has 0 bridgehead atoms. The maximum Gasteiger partial charge on any atom is 0.333 e. The standard InChI is InChI=1S/C14H17NO2/c1-2-3-9-15-12-10-13(16)17-14(12)11-7-5-4-6-8-11/h4-8,10,14-15H,2-3,9H2,1H3. The molecule has 0 aromatic heterocycles. The summed E-state index contributed by atoms with van der Waals surface area (Å²) in [7, 11) is 0. The van der Waals surface area contributed by atoms with Gasteiger partial charge in [-0.25, -0.2) is 4.79 Å². The lowest BCUT2D eigenvalue weighted by Gasteiger charge is -2.16. The first kappa shape index (κ1) is 11.7. The molecular formula is C14H17NO2. The van der Waals surface area contributed by atoms with Crippen LogP contribution in [0, 0.1) is 0 Å². The molecule has 0 aliphatic carbocycles. The van der Waals surface area contributed by atoms with Crippen LogP contribution in [0.3, 0.4) is 0 Å². The molecule has 0 saturated carbocycles. The number of nitrogens with one attached hydrogen (secondary N) is 1. The summed E-state index contributed by atoms with van der Waals surface area (Å²) in [6.07, 6.45) is 3.51. The number of hydrogen-bond donors (Lipinski definition) is 1. The van der Waals surface area contributed by atoms with Gasteiger partial charge in [0, 0.05) is 12.6 Å². The predicted molar refractivity (Wildman–Crippen MR) is 66.3 cm³/mol. The average Bonchev–Trinajstić information content (AvgIpc) is 2.72. The van der Waals surface area contributed by atoms with E-state index in [1.807, 2.05) is 30.3 Å². The van der Waals surface area contributed by atoms with E-state index >= 15 is 0 Å². The molecule has 0 amide bonds. The summed E-state index contributed by atoms with van der Waals surface area (Å²) >= 11 is 0. The van der Waals surface area contributed by atoms with Crippen LogP contribution in [0.1, 0.15) is 31.4 Å². The van der Waals surface area contributed by atoms with Gasteiger partial charge < -0.3 is 10.1 Å². The van der Waals surface area contributed by atoms with Gasteiger partial charge in [-0.2, -0.15) is 0 Å². The van der Waals surface area contributed by atoms with Crippen molar-refractivity contribution >= 4 is 5.97 Å². The molecule has 1 aromatic rings. The molecule has 1 aliphatic rings. The summed E-state index contributed by atoms with van der Waals surface area (Å²) < 4.78 is 5.30. The Balaban J connectivity index is 2.07. The molecule has 1 unspecified atom stereocenters. The topological polar surface area (TPSA) is 38.3 Å². The van der Waals surface area contributed by atoms with E-state index in [9.17, 15) is 4.79 Å². The zero-order valence-corrected chi connectivity index (χ0v) is 9.98. The monoisotopic (exact) mass is 231 g/mol. The van der Waals surface area contributed by atoms with Crippen LogP contribution in [-0.4, -0.2) is 12.5 Å². The molecular weight excluding hydrogens is 214 g/mol. The number of ether oxygens (including phenoxy) is 1. The average molecular weight is 231 g/mol. The Labute approximate surface area is 101 Å². The number of esters is 1. The molecule has 17 heavy (non-hydrogen) atoms. The van der Waals surface area contributed by atoms with Gasteiger partial charge in [0.15, 0.2) is 6.10 Å². The van der Waals surface area contributed by atoms with Crippen molar-refractivity contribution in [3.63, 3.8) is 0 Å². The number of rotatable bonds is 5. The van der Waals surface area contributed by atoms with Crippen LogP contribution < -0.4 is 5.32 Å². The Hall–Kier alpha value is -1.77. The highest BCUT2D eigenvalue weighted by Crippen LogP contribution is 2.28. The number of unbranched alkanes of at least 4 members (excludes halogenated alkanes) is 1. The summed E-state index contributed by atoms with van der Waals surface area (Å²) in [5.41, 5.74) is 1.88. The van der Waals surface area contributed by atoms with Crippen LogP contribution in [0.5, 0.6) is 0 Å². The largest absolute Gasteiger partial charge is 0.448 e. The van der Waals surface area contributed by atoms with Crippen molar-refractivity contribution < 1.29 is 9.53 Å². The molecule has 1 aromatic carbocycles. The van der Waals surface area contributed by atoms with E-state index in [4.69, 9.17) is 4.74 Å². The van der Waals surface area contributed by atoms with Crippen molar-refractivity contribution in [1.82, 2.24) is 5.32 Å². The highest BCUT2D eigenvalue weighted by Gasteiger charge is 2.27. The van der Waals surface area contributed by atoms with Gasteiger partial charge in [0.2, 0.25) is 0 Å². The molecule has 0 fully saturated rings. The second-order valence-corrected chi connectivity index (χ2v) is 4.11. The molecule has 0 saturated heterocycles. The van der Waals surface area contributed by atoms with Crippen LogP contribution in [0.2, 0.25) is 0 Å². The van der Waals surface area contributed by atoms with Crippen molar-refractivity contribution in [2.75, 3.05) is 6.54 Å². The lowest BCUT2D eigenvalue weighted by atomic mass is 10.1. The van der Waals surface area contributed by atoms with Crippen molar-refractivity contribution in [3.8, 4) is 0 Å². The molecule has 0 spiro atoms. The Morgan fingerprint density at radius 1 is 1.29 bits per heavy atom. The minimum atomic E-state index is -0.266. The zero-order valence-electron chi connectivity index (χ0n) is 9.98. The van der Waals surface area contributed by atoms with Crippen LogP contribution in [-0.2, 0) is 9.53 Å². The van der Waals surface area contributed by atoms with Gasteiger partial charge in [0.1, 0.15) is 0 Å². The van der Waals surface area contributed by atoms with Crippen molar-refractivity contribution in [1.29, 1.82) is 0 Å². The Morgan fingerprint density at radius 3 is 2.76 bits per heavy atom. The predicted octanol–water partition coefficient (Wildman–Crippen LogP) is 2.56. The molecule has 2 rings (SSSR count). The summed E-state index contributed by atoms with van der Waals surface area (Å²) in [5, 5.41) is 3.28. The van der Waals surface area contributed by atoms with E-state index in [-0.39, 0.29) is 12.1 Å². The number of cyclic esters (lactones) is 1. The maximum atomic E-state index is 11.3. The van der Waals surface area contributed by atoms with Gasteiger partial charge in [-0.1, -0.05) is 43.7 Å². The lowest BCUT2D eigenvalue weighted by Crippen LogP contribution is -2.18. The van der Waals surface area contributed by atoms with Crippen molar-refractivity contribution in [2.24, 2.45) is 0 Å². The van der Waals surface area contributed by atoms with E-state index in [0.29, 0.717) is 0 Å². The van der Waals surface area contributed by atoms with Crippen molar-refractivity contribution in [3.05, 3.63) is 47.7 Å². The molecule has 0 radical (unpaired) electrons. The molecule has 3 heteroatoms. The van der Waals surface area contributed by atoms with Crippen LogP contribution in [0.4, 0.5) is 0 Å². The molecule has 90 valence electrons. The minimum absolute atomic E-state index is 0.263. The smallest absolute Gasteiger partial charge is 0.333 e. The summed E-state index contributed by atoms with van der Waals surface area (Å²) in [4.78, 5) is 11.3. The van der Waals surface area contributed by atoms with Gasteiger partial charge >= 0.3 is 5.97 Å². The van der Waals surface area contributed by atoms with Crippen LogP contribution in [0.15, 0.2) is 42.1 Å². The van der Waals surface area contributed by atoms with Gasteiger partial charge in [-0.15, -0.1) is 0 Å². The van der Waals surface area contributed by atoms with E-state index in [2.05, 4.69) is 12.2 Å². The minimum Gasteiger partial charge on any atom is -0.448 e. The molecule has 1 heterocycles. The summed E-state index contributed by atoms with van der Waals surface area (Å²) in [6, 6.07) is 9.79. The zero-order chi connectivity index (χ0) is 12.1. The Kier molecular flexibility index (Phi) is 3.81. The third-order valence-electron chi connectivity index (χ3n) is 2.75. The number of carbonyl (C=O) groups excluding carboxylic acids is 1. The second kappa shape index (κ2) is 5.53. The first-order valence-electron chi connectivity index (χ1n) is 6.02. The summed E-state index contributed by atoms with van der Waals surface area (Å²) in [6.45, 7) is 3.02. The fraction of sp³-hybridized carbons (Fsp3) is 0.357. The van der Waals surface area contributed by atoms with E-state index < -0.39 is 0 Å². The molecule has 1 aliphatic heterocycles. The highest BCUT2D eigenvalue weighted by molar-refractivity contribution is 5.86. The first-order valence-corrected chi connectivity index (χ1v) is 6.02. The third-order valence-corrected chi connectivity index (χ3v) is 2.75. The lowest BCUT2D eigenvalue weighted by molar-refractivity contribution is -0.139. The van der Waals surface area contributed by atoms with Crippen LogP contribution >= 0.6 is 0 Å². The summed E-state index contributed by atoms with van der Waals surface area (Å²) in [5.74, 6) is -0.266. The Bertz CT molecular complexity index is 411. The Morgan fingerprint density at radius 2 is 2.06 bits per heavy atom. The highest BCUT2D eigenvalue weighted by atomic mass is 16.5. The molecule has 1 N–H and O–H groups in total. The number of benzene rings is 1. The SMILES string of the molecule is CCCCNC1=CC(=O)OC1c1ccccc1. The van der Waals surface area contributed by atoms with E-state index in [1.54, 1.807) is 6.08 Å². The van der Waals surface area contributed by atoms with E-state index in [0.717, 1.165) is 30.6 Å². The molecule has 1 atom stereocenters. The normalized spacial score (nSPS) is 18.8. The van der Waals surface area contributed by atoms with Crippen molar-refractivity contribution in [2.45, 2.75) is 25.9 Å². The second-order valence-electron chi connectivity index (χ2n) is 4.11. The fourth-order valence-electron chi connectivity index (χ4n) is 1.84. The first-order chi connectivity index (χ1) is 8.31. The fourth-order valence-corrected chi connectivity index (χ4v) is 1.84. The van der Waals surface area contributed by atoms with Gasteiger partial charge in [-0.3, -0.25) is 0 Å². The number of carbonyl (C=O) groups is 1. The van der Waals surface area contributed by atoms with E-state index in [1.165, 1.54) is 0 Å². The molecule has 3 nitrogen and oxygen atoms in total. The quantitative estimate of drug-likeness (QED) is 0.625. The third kappa shape index (κ3) is 2.87. The van der Waals surface area contributed by atoms with Gasteiger partial charge in [0.05, 0.1) is 5.70 Å². The maximum absolute atomic E-state index is 11.3. The number of hydrogen-bond acceptors (Lipinski definition) is 3. The van der Waals surface area contributed by atoms with Gasteiger partial charge in [0.25, 0.3) is 0 Å². The van der Waals surface area contributed by atoms with Crippen LogP contribution in [0.25, 0.3) is 0 Å².